The Labute approximate surface area is 72.4 Å². The minimum absolute atomic E-state index is 0.949. The molecule has 1 N–H and O–H groups in total. The highest BCUT2D eigenvalue weighted by atomic mass is 14.7. The lowest BCUT2D eigenvalue weighted by molar-refractivity contribution is 0.966. The van der Waals surface area contributed by atoms with E-state index in [9.17, 15) is 0 Å². The van der Waals surface area contributed by atoms with Crippen molar-refractivity contribution in [3.05, 3.63) is 43.1 Å². The van der Waals surface area contributed by atoms with E-state index in [0.717, 1.165) is 12.8 Å². The smallest absolute Gasteiger partial charge is 0.0226 e. The third-order valence-electron chi connectivity index (χ3n) is 2.11. The summed E-state index contributed by atoms with van der Waals surface area (Å²) in [4.78, 5) is 3.27. The van der Waals surface area contributed by atoms with E-state index in [1.807, 2.05) is 0 Å². The molecule has 1 aromatic heterocycles. The molecule has 1 heterocycles. The van der Waals surface area contributed by atoms with Gasteiger partial charge in [-0.1, -0.05) is 31.2 Å². The molecule has 0 unspecified atom stereocenters. The molecule has 0 amide bonds. The number of hydrogen-bond donors (Lipinski definition) is 1. The predicted octanol–water partition coefficient (Wildman–Crippen LogP) is 2.93. The van der Waals surface area contributed by atoms with Crippen LogP contribution in [0.4, 0.5) is 0 Å². The summed E-state index contributed by atoms with van der Waals surface area (Å²) in [5.74, 6) is 0. The van der Waals surface area contributed by atoms with Crippen LogP contribution in [0.25, 0.3) is 10.8 Å². The summed E-state index contributed by atoms with van der Waals surface area (Å²) < 4.78 is 0. The average molecular weight is 158 g/mol. The van der Waals surface area contributed by atoms with E-state index in [-0.39, 0.29) is 0 Å². The van der Waals surface area contributed by atoms with Gasteiger partial charge in [0.25, 0.3) is 0 Å². The zero-order valence-electron chi connectivity index (χ0n) is 7.01. The van der Waals surface area contributed by atoms with Crippen molar-refractivity contribution >= 4 is 10.8 Å². The van der Waals surface area contributed by atoms with Crippen molar-refractivity contribution in [2.24, 2.45) is 0 Å². The van der Waals surface area contributed by atoms with E-state index >= 15 is 0 Å². The first-order chi connectivity index (χ1) is 5.92. The summed E-state index contributed by atoms with van der Waals surface area (Å²) >= 11 is 0. The molecule has 0 bridgehead atoms. The molecule has 1 nitrogen and oxygen atoms in total. The average Bonchev–Trinajstić information content (AvgIpc) is 2.50. The lowest BCUT2D eigenvalue weighted by atomic mass is 10.1. The molecule has 0 saturated carbocycles. The fraction of sp³-hybridized carbons (Fsp3) is 0.182. The van der Waals surface area contributed by atoms with Crippen LogP contribution in [-0.2, 0) is 6.42 Å². The Balaban J connectivity index is 2.55. The first-order valence-electron chi connectivity index (χ1n) is 4.26. The zero-order valence-corrected chi connectivity index (χ0v) is 7.01. The Bertz CT molecular complexity index is 373. The van der Waals surface area contributed by atoms with Crippen molar-refractivity contribution in [3.63, 3.8) is 0 Å². The third kappa shape index (κ3) is 1.11. The van der Waals surface area contributed by atoms with Crippen molar-refractivity contribution in [2.45, 2.75) is 12.8 Å². The molecule has 0 fully saturated rings. The van der Waals surface area contributed by atoms with Gasteiger partial charge in [0, 0.05) is 17.3 Å². The lowest BCUT2D eigenvalue weighted by Gasteiger charge is -1.94. The quantitative estimate of drug-likeness (QED) is 0.691. The monoisotopic (exact) mass is 158 g/mol. The van der Waals surface area contributed by atoms with Crippen LogP contribution in [0.2, 0.25) is 0 Å². The first kappa shape index (κ1) is 7.41. The highest BCUT2D eigenvalue weighted by Gasteiger charge is 1.99. The Morgan fingerprint density at radius 1 is 1.25 bits per heavy atom. The normalized spacial score (nSPS) is 10.8. The predicted molar refractivity (Wildman–Crippen MR) is 52.0 cm³/mol. The zero-order chi connectivity index (χ0) is 8.39. The van der Waals surface area contributed by atoms with Gasteiger partial charge in [-0.3, -0.25) is 0 Å². The van der Waals surface area contributed by atoms with E-state index < -0.39 is 0 Å². The van der Waals surface area contributed by atoms with Gasteiger partial charge in [-0.2, -0.15) is 0 Å². The SMILES string of the molecule is [CH2]CCc1[nH]cc2ccccc12. The summed E-state index contributed by atoms with van der Waals surface area (Å²) in [6.07, 6.45) is 4.04. The number of benzene rings is 1. The summed E-state index contributed by atoms with van der Waals surface area (Å²) in [7, 11) is 0. The van der Waals surface area contributed by atoms with Crippen LogP contribution in [0.15, 0.2) is 30.5 Å². The number of fused-ring (bicyclic) bond motifs is 1. The molecule has 0 saturated heterocycles. The van der Waals surface area contributed by atoms with Crippen molar-refractivity contribution in [3.8, 4) is 0 Å². The highest BCUT2D eigenvalue weighted by Crippen LogP contribution is 2.18. The fourth-order valence-electron chi connectivity index (χ4n) is 1.52. The van der Waals surface area contributed by atoms with Crippen molar-refractivity contribution in [1.29, 1.82) is 0 Å². The second-order valence-electron chi connectivity index (χ2n) is 2.96. The maximum absolute atomic E-state index is 3.85. The van der Waals surface area contributed by atoms with Gasteiger partial charge in [0.1, 0.15) is 0 Å². The van der Waals surface area contributed by atoms with Gasteiger partial charge in [0.05, 0.1) is 0 Å². The van der Waals surface area contributed by atoms with E-state index in [0.29, 0.717) is 0 Å². The summed E-state index contributed by atoms with van der Waals surface area (Å²) in [5, 5.41) is 2.63. The number of nitrogens with one attached hydrogen (secondary N) is 1. The van der Waals surface area contributed by atoms with Crippen LogP contribution >= 0.6 is 0 Å². The molecule has 1 radical (unpaired) electrons. The molecule has 1 heteroatoms. The van der Waals surface area contributed by atoms with Crippen LogP contribution < -0.4 is 0 Å². The summed E-state index contributed by atoms with van der Waals surface area (Å²) in [5.41, 5.74) is 1.31. The Morgan fingerprint density at radius 2 is 2.08 bits per heavy atom. The molecular weight excluding hydrogens is 146 g/mol. The molecule has 0 atom stereocenters. The number of aromatic nitrogens is 1. The van der Waals surface area contributed by atoms with E-state index in [4.69, 9.17) is 0 Å². The summed E-state index contributed by atoms with van der Waals surface area (Å²) in [6, 6.07) is 8.40. The van der Waals surface area contributed by atoms with Crippen molar-refractivity contribution < 1.29 is 0 Å². The summed E-state index contributed by atoms with van der Waals surface area (Å²) in [6.45, 7) is 3.85. The van der Waals surface area contributed by atoms with Crippen LogP contribution in [-0.4, -0.2) is 4.98 Å². The van der Waals surface area contributed by atoms with Gasteiger partial charge in [-0.25, -0.2) is 0 Å². The first-order valence-corrected chi connectivity index (χ1v) is 4.26. The van der Waals surface area contributed by atoms with Crippen LogP contribution in [0.1, 0.15) is 12.1 Å². The molecule has 1 aromatic carbocycles. The van der Waals surface area contributed by atoms with Gasteiger partial charge >= 0.3 is 0 Å². The largest absolute Gasteiger partial charge is 0.364 e. The highest BCUT2D eigenvalue weighted by molar-refractivity contribution is 5.85. The van der Waals surface area contributed by atoms with Gasteiger partial charge in [-0.05, 0) is 18.2 Å². The number of hydrogen-bond acceptors (Lipinski definition) is 0. The lowest BCUT2D eigenvalue weighted by Crippen LogP contribution is -1.81. The molecule has 12 heavy (non-hydrogen) atoms. The molecule has 0 spiro atoms. The second kappa shape index (κ2) is 3.02. The third-order valence-corrected chi connectivity index (χ3v) is 2.11. The van der Waals surface area contributed by atoms with Crippen molar-refractivity contribution in [1.82, 2.24) is 4.98 Å². The minimum atomic E-state index is 0.949. The Hall–Kier alpha value is -1.24. The van der Waals surface area contributed by atoms with E-state index in [2.05, 4.69) is 42.4 Å². The molecular formula is C11H12N. The number of H-pyrrole nitrogens is 1. The second-order valence-corrected chi connectivity index (χ2v) is 2.96. The van der Waals surface area contributed by atoms with Crippen molar-refractivity contribution in [2.75, 3.05) is 0 Å². The maximum Gasteiger partial charge on any atom is 0.0226 e. The number of rotatable bonds is 2. The van der Waals surface area contributed by atoms with Gasteiger partial charge < -0.3 is 4.98 Å². The van der Waals surface area contributed by atoms with Crippen LogP contribution in [0, 0.1) is 6.92 Å². The molecule has 0 aliphatic heterocycles. The molecule has 0 aliphatic carbocycles. The van der Waals surface area contributed by atoms with Gasteiger partial charge in [0.15, 0.2) is 0 Å². The Morgan fingerprint density at radius 3 is 2.92 bits per heavy atom. The fourth-order valence-corrected chi connectivity index (χ4v) is 1.52. The molecule has 2 aromatic rings. The number of aromatic amines is 1. The van der Waals surface area contributed by atoms with E-state index in [1.165, 1.54) is 16.5 Å². The maximum atomic E-state index is 3.85. The van der Waals surface area contributed by atoms with Gasteiger partial charge in [-0.15, -0.1) is 0 Å². The topological polar surface area (TPSA) is 15.8 Å². The molecule has 2 rings (SSSR count). The Kier molecular flexibility index (Phi) is 1.86. The standard InChI is InChI=1S/C11H12N/c1-2-5-11-10-7-4-3-6-9(10)8-12-11/h3-4,6-8,12H,1-2,5H2. The van der Waals surface area contributed by atoms with Gasteiger partial charge in [0.2, 0.25) is 0 Å². The van der Waals surface area contributed by atoms with E-state index in [1.54, 1.807) is 0 Å². The number of aryl methyl sites for hydroxylation is 1. The minimum Gasteiger partial charge on any atom is -0.364 e. The molecule has 0 aliphatic rings. The van der Waals surface area contributed by atoms with Crippen LogP contribution in [0.5, 0.6) is 0 Å². The van der Waals surface area contributed by atoms with Crippen LogP contribution in [0.3, 0.4) is 0 Å². The molecule has 61 valence electrons.